The van der Waals surface area contributed by atoms with E-state index in [-0.39, 0.29) is 10.8 Å². The number of aliphatic hydroxyl groups is 2. The Morgan fingerprint density at radius 2 is 1.58 bits per heavy atom. The van der Waals surface area contributed by atoms with Crippen LogP contribution in [0.15, 0.2) is 97.2 Å². The quantitative estimate of drug-likeness (QED) is 0.164. The van der Waals surface area contributed by atoms with E-state index in [9.17, 15) is 10.2 Å². The maximum absolute atomic E-state index is 9.37. The van der Waals surface area contributed by atoms with E-state index in [1.54, 1.807) is 19.3 Å². The van der Waals surface area contributed by atoms with Crippen molar-refractivity contribution in [1.82, 2.24) is 5.32 Å². The predicted octanol–water partition coefficient (Wildman–Crippen LogP) is 8.27. The summed E-state index contributed by atoms with van der Waals surface area (Å²) in [5.41, 5.74) is 7.58. The Morgan fingerprint density at radius 1 is 1.00 bits per heavy atom. The lowest BCUT2D eigenvalue weighted by molar-refractivity contribution is 0.270. The van der Waals surface area contributed by atoms with Gasteiger partial charge in [-0.25, -0.2) is 0 Å². The molecular formula is C33H47NO4. The van der Waals surface area contributed by atoms with E-state index in [4.69, 9.17) is 9.47 Å². The number of rotatable bonds is 10. The summed E-state index contributed by atoms with van der Waals surface area (Å²) >= 11 is 0. The highest BCUT2D eigenvalue weighted by Gasteiger charge is 2.37. The van der Waals surface area contributed by atoms with Crippen molar-refractivity contribution in [2.24, 2.45) is 0 Å². The van der Waals surface area contributed by atoms with Gasteiger partial charge >= 0.3 is 0 Å². The molecular weight excluding hydrogens is 474 g/mol. The molecule has 208 valence electrons. The third kappa shape index (κ3) is 7.70. The number of hydrogen-bond donors (Lipinski definition) is 3. The number of aryl methyl sites for hydroxylation is 1. The monoisotopic (exact) mass is 521 g/mol. The van der Waals surface area contributed by atoms with E-state index in [0.29, 0.717) is 29.3 Å². The Bertz CT molecular complexity index is 1130. The zero-order valence-electron chi connectivity index (χ0n) is 24.6. The highest BCUT2D eigenvalue weighted by atomic mass is 16.5. The summed E-state index contributed by atoms with van der Waals surface area (Å²) < 4.78 is 11.0. The summed E-state index contributed by atoms with van der Waals surface area (Å²) in [5, 5.41) is 22.0. The molecule has 1 aliphatic rings. The zero-order valence-corrected chi connectivity index (χ0v) is 24.6. The molecule has 1 aromatic carbocycles. The van der Waals surface area contributed by atoms with Crippen LogP contribution in [0.3, 0.4) is 0 Å². The summed E-state index contributed by atoms with van der Waals surface area (Å²) in [5.74, 6) is 0.927. The fraction of sp³-hybridized carbons (Fsp3) is 0.394. The Hall–Kier alpha value is -3.60. The SMILES string of the molecule is C=C.C=C(NC(=C(/C=C/O)OC)/C(=C\C)OC)/C(=C\C=C/O)Cc1cc2c(cc1C)C(C)(C)CCC2(C)C. The minimum atomic E-state index is 0.108. The lowest BCUT2D eigenvalue weighted by Crippen LogP contribution is -2.34. The van der Waals surface area contributed by atoms with Gasteiger partial charge in [0.2, 0.25) is 0 Å². The molecule has 1 aliphatic carbocycles. The van der Waals surface area contributed by atoms with Gasteiger partial charge in [-0.15, -0.1) is 13.2 Å². The molecule has 0 saturated heterocycles. The van der Waals surface area contributed by atoms with Crippen molar-refractivity contribution >= 4 is 0 Å². The van der Waals surface area contributed by atoms with Crippen LogP contribution in [0.5, 0.6) is 0 Å². The van der Waals surface area contributed by atoms with E-state index >= 15 is 0 Å². The molecule has 0 unspecified atom stereocenters. The van der Waals surface area contributed by atoms with Crippen LogP contribution in [0.1, 0.15) is 69.7 Å². The zero-order chi connectivity index (χ0) is 29.1. The summed E-state index contributed by atoms with van der Waals surface area (Å²) in [6, 6.07) is 4.71. The van der Waals surface area contributed by atoms with Gasteiger partial charge in [0.25, 0.3) is 0 Å². The molecule has 0 radical (unpaired) electrons. The van der Waals surface area contributed by atoms with Gasteiger partial charge in [-0.05, 0) is 83.9 Å². The first-order valence-electron chi connectivity index (χ1n) is 12.9. The molecule has 0 fully saturated rings. The fourth-order valence-corrected chi connectivity index (χ4v) is 4.75. The maximum Gasteiger partial charge on any atom is 0.149 e. The van der Waals surface area contributed by atoms with E-state index in [1.165, 1.54) is 41.9 Å². The molecule has 5 nitrogen and oxygen atoms in total. The van der Waals surface area contributed by atoms with Gasteiger partial charge in [0.15, 0.2) is 0 Å². The second-order valence-electron chi connectivity index (χ2n) is 10.5. The number of fused-ring (bicyclic) bond motifs is 1. The van der Waals surface area contributed by atoms with Crippen molar-refractivity contribution in [2.45, 2.75) is 71.6 Å². The molecule has 38 heavy (non-hydrogen) atoms. The summed E-state index contributed by atoms with van der Waals surface area (Å²) in [6.45, 7) is 23.6. The fourth-order valence-electron chi connectivity index (χ4n) is 4.75. The molecule has 0 heterocycles. The number of aliphatic hydroxyl groups excluding tert-OH is 2. The lowest BCUT2D eigenvalue weighted by Gasteiger charge is -2.42. The lowest BCUT2D eigenvalue weighted by atomic mass is 9.62. The number of methoxy groups -OCH3 is 2. The summed E-state index contributed by atoms with van der Waals surface area (Å²) in [7, 11) is 3.09. The molecule has 0 spiro atoms. The van der Waals surface area contributed by atoms with Crippen molar-refractivity contribution < 1.29 is 19.7 Å². The highest BCUT2D eigenvalue weighted by molar-refractivity contribution is 5.50. The number of allylic oxidation sites excluding steroid dienone is 5. The molecule has 0 amide bonds. The summed E-state index contributed by atoms with van der Waals surface area (Å²) in [4.78, 5) is 0. The van der Waals surface area contributed by atoms with E-state index < -0.39 is 0 Å². The van der Waals surface area contributed by atoms with Gasteiger partial charge in [-0.1, -0.05) is 52.5 Å². The average Bonchev–Trinajstić information content (AvgIpc) is 2.89. The van der Waals surface area contributed by atoms with Crippen molar-refractivity contribution in [3.05, 3.63) is 119 Å². The molecule has 5 heteroatoms. The Balaban J connectivity index is 0.00000352. The van der Waals surface area contributed by atoms with Crippen LogP contribution < -0.4 is 5.32 Å². The third-order valence-electron chi connectivity index (χ3n) is 7.16. The standard InChI is InChI=1S/C31H43NO4.C2H4/c1-10-27(35-8)29(28(36-9)13-17-34)32-22(3)23(12-11-16-33)19-24-20-26-25(18-21(24)2)30(4,5)14-15-31(26,6)7;1-2/h10-13,16-18,20,32-34H,3,14-15,19H2,1-2,4-9H3;1-2H2/b16-11-,17-13+,23-12-,27-10+,29-28-;. The van der Waals surface area contributed by atoms with Crippen LogP contribution >= 0.6 is 0 Å². The normalized spacial score (nSPS) is 17.3. The molecule has 0 aromatic heterocycles. The number of ether oxygens (including phenoxy) is 2. The first kappa shape index (κ1) is 32.4. The molecule has 0 bridgehead atoms. The minimum absolute atomic E-state index is 0.108. The van der Waals surface area contributed by atoms with Gasteiger partial charge in [-0.3, -0.25) is 0 Å². The minimum Gasteiger partial charge on any atom is -0.516 e. The van der Waals surface area contributed by atoms with Gasteiger partial charge in [0.1, 0.15) is 17.2 Å². The Kier molecular flexibility index (Phi) is 12.3. The van der Waals surface area contributed by atoms with Crippen molar-refractivity contribution in [3.63, 3.8) is 0 Å². The predicted molar refractivity (Wildman–Crippen MR) is 160 cm³/mol. The van der Waals surface area contributed by atoms with Gasteiger partial charge in [-0.2, -0.15) is 0 Å². The van der Waals surface area contributed by atoms with Gasteiger partial charge in [0, 0.05) is 11.8 Å². The first-order valence-corrected chi connectivity index (χ1v) is 12.9. The van der Waals surface area contributed by atoms with Gasteiger partial charge in [0.05, 0.1) is 26.7 Å². The van der Waals surface area contributed by atoms with E-state index in [0.717, 1.165) is 24.5 Å². The maximum atomic E-state index is 9.37. The molecule has 3 N–H and O–H groups in total. The third-order valence-corrected chi connectivity index (χ3v) is 7.16. The number of hydrogen-bond acceptors (Lipinski definition) is 5. The van der Waals surface area contributed by atoms with E-state index in [2.05, 4.69) is 71.8 Å². The largest absolute Gasteiger partial charge is 0.516 e. The van der Waals surface area contributed by atoms with Crippen LogP contribution in [0.4, 0.5) is 0 Å². The van der Waals surface area contributed by atoms with Crippen LogP contribution in [0, 0.1) is 6.92 Å². The van der Waals surface area contributed by atoms with Crippen molar-refractivity contribution in [2.75, 3.05) is 14.2 Å². The van der Waals surface area contributed by atoms with Crippen LogP contribution in [-0.4, -0.2) is 24.4 Å². The molecule has 1 aromatic rings. The molecule has 0 atom stereocenters. The molecule has 2 rings (SSSR count). The number of nitrogens with one attached hydrogen (secondary N) is 1. The van der Waals surface area contributed by atoms with Crippen molar-refractivity contribution in [3.8, 4) is 0 Å². The second-order valence-corrected chi connectivity index (χ2v) is 10.5. The highest BCUT2D eigenvalue weighted by Crippen LogP contribution is 2.46. The summed E-state index contributed by atoms with van der Waals surface area (Å²) in [6.07, 6.45) is 11.5. The second kappa shape index (κ2) is 14.4. The smallest absolute Gasteiger partial charge is 0.149 e. The van der Waals surface area contributed by atoms with Crippen LogP contribution in [0.2, 0.25) is 0 Å². The van der Waals surface area contributed by atoms with E-state index in [1.807, 2.05) is 13.0 Å². The number of benzene rings is 1. The van der Waals surface area contributed by atoms with Crippen LogP contribution in [0.25, 0.3) is 0 Å². The van der Waals surface area contributed by atoms with Crippen molar-refractivity contribution in [1.29, 1.82) is 0 Å². The van der Waals surface area contributed by atoms with Crippen LogP contribution in [-0.2, 0) is 26.7 Å². The Labute approximate surface area is 230 Å². The Morgan fingerprint density at radius 3 is 2.05 bits per heavy atom. The molecule has 0 saturated carbocycles. The average molecular weight is 522 g/mol. The van der Waals surface area contributed by atoms with Gasteiger partial charge < -0.3 is 25.0 Å². The topological polar surface area (TPSA) is 71.0 Å². The first-order chi connectivity index (χ1) is 17.9. The molecule has 0 aliphatic heterocycles.